The van der Waals surface area contributed by atoms with E-state index in [9.17, 15) is 88.2 Å². The molecule has 4 heterocycles. The maximum absolute atomic E-state index is 15.3. The van der Waals surface area contributed by atoms with E-state index in [1.165, 1.54) is 19.4 Å². The Hall–Kier alpha value is -11.7. The first-order valence-corrected chi connectivity index (χ1v) is 35.6. The largest absolute Gasteiger partial charge is 0.480 e. The van der Waals surface area contributed by atoms with E-state index in [2.05, 4.69) is 84.1 Å². The highest BCUT2D eigenvalue weighted by molar-refractivity contribution is 6.01. The van der Waals surface area contributed by atoms with Gasteiger partial charge in [0.2, 0.25) is 76.8 Å². The number of fused-ring (bicyclic) bond motifs is 1. The summed E-state index contributed by atoms with van der Waals surface area (Å²) in [4.78, 5) is 220. The van der Waals surface area contributed by atoms with Gasteiger partial charge < -0.3 is 120 Å². The number of nitrogens with one attached hydrogen (secondary N) is 16. The fraction of sp³-hybridized carbons (Fsp3) is 0.522. The Morgan fingerprint density at radius 3 is 1.81 bits per heavy atom. The van der Waals surface area contributed by atoms with Gasteiger partial charge >= 0.3 is 11.9 Å². The number of likely N-dealkylation sites (tertiary alicyclic amines) is 1. The van der Waals surface area contributed by atoms with E-state index in [0.717, 1.165) is 16.7 Å². The Morgan fingerprint density at radius 1 is 0.645 bits per heavy atom. The lowest BCUT2D eigenvalue weighted by molar-refractivity contribution is -0.144. The van der Waals surface area contributed by atoms with Gasteiger partial charge in [-0.1, -0.05) is 48.5 Å². The molecule has 0 unspecified atom stereocenters. The lowest BCUT2D eigenvalue weighted by Gasteiger charge is -2.31. The fourth-order valence-corrected chi connectivity index (χ4v) is 12.2. The number of hydrogen-bond donors (Lipinski definition) is 23. The van der Waals surface area contributed by atoms with Crippen molar-refractivity contribution in [3.05, 3.63) is 90.1 Å². The van der Waals surface area contributed by atoms with Crippen molar-refractivity contribution in [3.8, 4) is 0 Å². The van der Waals surface area contributed by atoms with Crippen molar-refractivity contribution in [1.82, 2.24) is 93.9 Å². The first-order valence-electron chi connectivity index (χ1n) is 35.6. The number of carbonyl (C=O) groups is 15. The van der Waals surface area contributed by atoms with Crippen LogP contribution in [0.3, 0.4) is 0 Å². The van der Waals surface area contributed by atoms with Gasteiger partial charge in [-0.2, -0.15) is 0 Å². The van der Waals surface area contributed by atoms with Crippen LogP contribution in [0.15, 0.2) is 73.3 Å². The number of nitrogens with two attached hydrogens (primary N) is 1. The average molecular weight is 1540 g/mol. The molecular formula is C69H98N20O21. The lowest BCUT2D eigenvalue weighted by atomic mass is 10.0. The summed E-state index contributed by atoms with van der Waals surface area (Å²) >= 11 is 0. The molecule has 2 fully saturated rings. The number of aliphatic hydroxyl groups is 4. The summed E-state index contributed by atoms with van der Waals surface area (Å²) in [6.45, 7) is -3.38. The minimum Gasteiger partial charge on any atom is -0.480 e. The van der Waals surface area contributed by atoms with E-state index in [4.69, 9.17) is 11.1 Å². The van der Waals surface area contributed by atoms with Crippen molar-refractivity contribution >= 4 is 106 Å². The summed E-state index contributed by atoms with van der Waals surface area (Å²) in [5.74, 6) is -16.2. The van der Waals surface area contributed by atoms with Crippen LogP contribution in [-0.2, 0) is 91.2 Å². The fourth-order valence-electron chi connectivity index (χ4n) is 12.2. The molecule has 0 spiro atoms. The Bertz CT molecular complexity index is 3850. The summed E-state index contributed by atoms with van der Waals surface area (Å²) in [5, 5.41) is 100. The van der Waals surface area contributed by atoms with Crippen molar-refractivity contribution in [1.29, 1.82) is 5.41 Å². The third-order valence-corrected chi connectivity index (χ3v) is 17.8. The van der Waals surface area contributed by atoms with E-state index >= 15 is 14.4 Å². The van der Waals surface area contributed by atoms with Gasteiger partial charge in [0.25, 0.3) is 0 Å². The van der Waals surface area contributed by atoms with Crippen molar-refractivity contribution in [3.63, 3.8) is 0 Å². The summed E-state index contributed by atoms with van der Waals surface area (Å²) in [7, 11) is 0. The molecule has 0 bridgehead atoms. The average Bonchev–Trinajstić information content (AvgIpc) is 1.63. The maximum Gasteiger partial charge on any atom is 0.317 e. The number of imidazole rings is 1. The Balaban J connectivity index is 1.27. The lowest BCUT2D eigenvalue weighted by Crippen LogP contribution is -2.62. The van der Waals surface area contributed by atoms with Crippen LogP contribution in [-0.4, -0.2) is 288 Å². The zero-order chi connectivity index (χ0) is 80.6. The number of para-hydroxylation sites is 1. The molecule has 12 atom stereocenters. The number of carboxylic acid groups (broad SMARTS) is 2. The van der Waals surface area contributed by atoms with Crippen LogP contribution in [0.2, 0.25) is 0 Å². The number of rotatable bonds is 35. The van der Waals surface area contributed by atoms with Crippen LogP contribution in [0.4, 0.5) is 0 Å². The zero-order valence-corrected chi connectivity index (χ0v) is 60.6. The highest BCUT2D eigenvalue weighted by Gasteiger charge is 2.42. The number of nitrogens with zero attached hydrogens (tertiary/aromatic N) is 3. The van der Waals surface area contributed by atoms with Crippen LogP contribution in [0, 0.1) is 5.41 Å². The predicted molar refractivity (Wildman–Crippen MR) is 387 cm³/mol. The van der Waals surface area contributed by atoms with Gasteiger partial charge in [-0.25, -0.2) is 4.98 Å². The van der Waals surface area contributed by atoms with Crippen molar-refractivity contribution in [2.75, 3.05) is 65.7 Å². The molecular weight excluding hydrogens is 1440 g/mol. The molecule has 0 saturated carbocycles. The Kier molecular flexibility index (Phi) is 34.8. The van der Waals surface area contributed by atoms with Gasteiger partial charge in [-0.3, -0.25) is 82.2 Å². The number of aromatic nitrogens is 3. The molecule has 110 heavy (non-hydrogen) atoms. The number of carboxylic acids is 2. The minimum absolute atomic E-state index is 0.00752. The highest BCUT2D eigenvalue weighted by Crippen LogP contribution is 2.23. The number of carbonyl (C=O) groups excluding carboxylic acids is 13. The van der Waals surface area contributed by atoms with Crippen molar-refractivity contribution < 1.29 is 103 Å². The molecule has 2 aromatic carbocycles. The number of unbranched alkanes of at least 4 members (excludes halogenated alkanes) is 1. The Morgan fingerprint density at radius 2 is 1.21 bits per heavy atom. The van der Waals surface area contributed by atoms with Crippen LogP contribution in [0.1, 0.15) is 88.5 Å². The summed E-state index contributed by atoms with van der Waals surface area (Å²) in [6, 6.07) is -3.74. The van der Waals surface area contributed by atoms with Crippen LogP contribution in [0.5, 0.6) is 0 Å². The van der Waals surface area contributed by atoms with E-state index in [-0.39, 0.29) is 96.0 Å². The standard InChI is InChI=1S/C69H98N20O21/c1-37(32-90)77-58(100)44(16-8-9-22-88(30-56(96)97)31-57(98)99)80-64(106)51(33-91)85-65(107)52(34-92)86-66(108)53(35-93)87-67(109)54-18-11-23-89(54)68(110)50-27-55(95)73-21-19-46(78-38(2)94)60(102)83-49(26-41-29-72-36-76-41)63(105)81-47(24-39-12-4-3-5-13-39)61(103)79-45(17-10-20-74-69(70)71)59(101)82-48(62(104)84-50)25-40-28-75-43-15-7-6-14-42(40)43/h3-7,12-15,28-29,36-37,44-54,75,90-93H,8-11,16-27,30-35H2,1-2H3,(H,72,76)(H,73,95)(H,77,100)(H,78,94)(H,79,103)(H,80,106)(H,81,105)(H,82,101)(H,83,102)(H,84,104)(H,85,107)(H,86,108)(H,87,109)(H,96,97)(H,98,99)(H4,70,71,74)/t37-,44+,45+,46+,47-,48+,49+,50+,51+,52+,53+,54+/m1/s1. The topological polar surface area (TPSA) is 635 Å². The first-order chi connectivity index (χ1) is 52.5. The molecule has 2 aliphatic rings. The van der Waals surface area contributed by atoms with E-state index < -0.39 is 220 Å². The number of hydrogen-bond acceptors (Lipinski definition) is 22. The van der Waals surface area contributed by atoms with Gasteiger partial charge in [0.15, 0.2) is 5.96 Å². The quantitative estimate of drug-likeness (QED) is 0.0116. The molecule has 4 aromatic rings. The number of H-pyrrole nitrogens is 2. The highest BCUT2D eigenvalue weighted by atomic mass is 16.4. The number of benzene rings is 2. The number of aliphatic carboxylic acids is 2. The molecule has 600 valence electrons. The van der Waals surface area contributed by atoms with Crippen LogP contribution >= 0.6 is 0 Å². The Labute approximate surface area is 630 Å². The normalized spacial score (nSPS) is 20.4. The van der Waals surface area contributed by atoms with E-state index in [1.807, 2.05) is 0 Å². The van der Waals surface area contributed by atoms with Crippen LogP contribution < -0.4 is 74.9 Å². The molecule has 24 N–H and O–H groups in total. The monoisotopic (exact) mass is 1540 g/mol. The van der Waals surface area contributed by atoms with E-state index in [1.54, 1.807) is 60.8 Å². The van der Waals surface area contributed by atoms with Crippen LogP contribution in [0.25, 0.3) is 10.9 Å². The second kappa shape index (κ2) is 43.9. The molecule has 2 saturated heterocycles. The summed E-state index contributed by atoms with van der Waals surface area (Å²) < 4.78 is 0. The van der Waals surface area contributed by atoms with Crippen molar-refractivity contribution in [2.24, 2.45) is 5.73 Å². The zero-order valence-electron chi connectivity index (χ0n) is 60.6. The predicted octanol–water partition coefficient (Wildman–Crippen LogP) is -7.93. The number of aliphatic hydroxyl groups excluding tert-OH is 4. The molecule has 2 aliphatic heterocycles. The minimum atomic E-state index is -1.97. The third-order valence-electron chi connectivity index (χ3n) is 17.8. The van der Waals surface area contributed by atoms with Gasteiger partial charge in [0, 0.05) is 75.2 Å². The second-order valence-corrected chi connectivity index (χ2v) is 26.5. The maximum atomic E-state index is 15.3. The number of guanidine groups is 1. The molecule has 41 nitrogen and oxygen atoms in total. The number of aromatic amines is 2. The summed E-state index contributed by atoms with van der Waals surface area (Å²) in [5.41, 5.74) is 7.49. The first kappa shape index (κ1) is 87.2. The molecule has 6 rings (SSSR count). The molecule has 13 amide bonds. The number of amides is 13. The van der Waals surface area contributed by atoms with E-state index in [0.29, 0.717) is 22.0 Å². The smallest absolute Gasteiger partial charge is 0.317 e. The molecule has 0 aliphatic carbocycles. The molecule has 41 heteroatoms. The van der Waals surface area contributed by atoms with Gasteiger partial charge in [0.1, 0.15) is 66.5 Å². The van der Waals surface area contributed by atoms with Gasteiger partial charge in [-0.15, -0.1) is 0 Å². The molecule has 0 radical (unpaired) electrons. The molecule has 2 aromatic heterocycles. The van der Waals surface area contributed by atoms with Gasteiger partial charge in [-0.05, 0) is 82.0 Å². The third kappa shape index (κ3) is 27.8. The van der Waals surface area contributed by atoms with Crippen molar-refractivity contribution in [2.45, 2.75) is 163 Å². The summed E-state index contributed by atoms with van der Waals surface area (Å²) in [6.07, 6.45) is 2.22. The second-order valence-electron chi connectivity index (χ2n) is 26.5. The van der Waals surface area contributed by atoms with Gasteiger partial charge in [0.05, 0.1) is 58.0 Å². The SMILES string of the molecule is CC(=O)N[C@H]1CCNC(=O)C[C@@H](C(=O)N2CCC[C@H]2C(=O)N[C@@H](CO)C(=O)N[C@@H](CO)C(=O)N[C@@H](CO)C(=O)N[C@@H](CCCCN(CC(=O)O)CC(=O)O)C(=O)N[C@H](C)CO)NC(=O)[C@H](Cc2c[nH]c3ccccc23)NC(=O)[C@H](CCCNC(=N)N)NC(=O)[C@@H](Cc2ccccc2)NC(=O)[C@H](Cc2c[nH]cn2)NC1=O.